The third-order valence-corrected chi connectivity index (χ3v) is 4.49. The second kappa shape index (κ2) is 7.87. The number of aliphatic hydroxyl groups excluding tert-OH is 1. The number of carbonyl (C=O) groups excluding carboxylic acids is 1. The Hall–Kier alpha value is -2.40. The average molecular weight is 357 g/mol. The van der Waals surface area contributed by atoms with E-state index in [-0.39, 0.29) is 30.8 Å². The predicted molar refractivity (Wildman–Crippen MR) is 97.1 cm³/mol. The second-order valence-electron chi connectivity index (χ2n) is 6.94. The molecule has 5 heteroatoms. The van der Waals surface area contributed by atoms with Crippen LogP contribution in [0.25, 0.3) is 0 Å². The van der Waals surface area contributed by atoms with Crippen LogP contribution in [0.5, 0.6) is 5.75 Å². The van der Waals surface area contributed by atoms with Gasteiger partial charge in [0, 0.05) is 13.0 Å². The first-order chi connectivity index (χ1) is 12.4. The van der Waals surface area contributed by atoms with E-state index in [1.54, 1.807) is 17.0 Å². The number of carbonyl (C=O) groups is 1. The highest BCUT2D eigenvalue weighted by Gasteiger charge is 2.36. The van der Waals surface area contributed by atoms with E-state index in [0.29, 0.717) is 17.7 Å². The van der Waals surface area contributed by atoms with Crippen molar-refractivity contribution < 1.29 is 19.0 Å². The molecule has 0 aromatic heterocycles. The van der Waals surface area contributed by atoms with Crippen LogP contribution in [0.2, 0.25) is 0 Å². The minimum atomic E-state index is -0.671. The molecule has 3 rings (SSSR count). The Labute approximate surface area is 153 Å². The fourth-order valence-electron chi connectivity index (χ4n) is 3.40. The van der Waals surface area contributed by atoms with Gasteiger partial charge in [-0.2, -0.15) is 0 Å². The normalized spacial score (nSPS) is 20.5. The van der Waals surface area contributed by atoms with E-state index in [1.165, 1.54) is 12.1 Å². The molecule has 26 heavy (non-hydrogen) atoms. The van der Waals surface area contributed by atoms with Gasteiger partial charge >= 0.3 is 0 Å². The van der Waals surface area contributed by atoms with Gasteiger partial charge in [0.2, 0.25) is 5.91 Å². The van der Waals surface area contributed by atoms with Crippen molar-refractivity contribution in [2.75, 3.05) is 0 Å². The molecule has 1 aliphatic heterocycles. The summed E-state index contributed by atoms with van der Waals surface area (Å²) < 4.78 is 19.3. The number of aliphatic hydroxyl groups is 1. The van der Waals surface area contributed by atoms with Gasteiger partial charge in [-0.1, -0.05) is 24.3 Å². The molecule has 138 valence electrons. The minimum Gasteiger partial charge on any atom is -0.491 e. The van der Waals surface area contributed by atoms with E-state index in [0.717, 1.165) is 5.56 Å². The number of hydrogen-bond donors (Lipinski definition) is 1. The van der Waals surface area contributed by atoms with Crippen LogP contribution in [0.15, 0.2) is 48.5 Å². The lowest BCUT2D eigenvalue weighted by atomic mass is 9.91. The van der Waals surface area contributed by atoms with Crippen LogP contribution >= 0.6 is 0 Å². The Balaban J connectivity index is 1.91. The molecule has 1 N–H and O–H groups in total. The van der Waals surface area contributed by atoms with Gasteiger partial charge < -0.3 is 14.7 Å². The molecule has 1 fully saturated rings. The van der Waals surface area contributed by atoms with Gasteiger partial charge in [-0.25, -0.2) is 4.39 Å². The maximum absolute atomic E-state index is 13.5. The van der Waals surface area contributed by atoms with E-state index in [9.17, 15) is 14.3 Å². The zero-order valence-electron chi connectivity index (χ0n) is 15.1. The van der Waals surface area contributed by atoms with Crippen molar-refractivity contribution in [2.45, 2.75) is 51.5 Å². The summed E-state index contributed by atoms with van der Waals surface area (Å²) in [6.07, 6.45) is 0.0650. The van der Waals surface area contributed by atoms with Crippen molar-refractivity contribution in [3.63, 3.8) is 0 Å². The number of amides is 1. The molecule has 0 bridgehead atoms. The van der Waals surface area contributed by atoms with Crippen LogP contribution in [0, 0.1) is 5.82 Å². The third-order valence-electron chi connectivity index (χ3n) is 4.49. The van der Waals surface area contributed by atoms with Gasteiger partial charge in [0.25, 0.3) is 0 Å². The molecule has 1 heterocycles. The van der Waals surface area contributed by atoms with E-state index < -0.39 is 12.1 Å². The highest BCUT2D eigenvalue weighted by molar-refractivity contribution is 5.78. The number of halogens is 1. The summed E-state index contributed by atoms with van der Waals surface area (Å²) in [6.45, 7) is 4.15. The maximum atomic E-state index is 13.5. The van der Waals surface area contributed by atoms with Crippen molar-refractivity contribution in [2.24, 2.45) is 0 Å². The van der Waals surface area contributed by atoms with Crippen molar-refractivity contribution in [1.82, 2.24) is 4.90 Å². The Morgan fingerprint density at radius 2 is 2.00 bits per heavy atom. The quantitative estimate of drug-likeness (QED) is 0.885. The first-order valence-corrected chi connectivity index (χ1v) is 8.92. The van der Waals surface area contributed by atoms with Crippen molar-refractivity contribution in [3.8, 4) is 5.75 Å². The summed E-state index contributed by atoms with van der Waals surface area (Å²) in [4.78, 5) is 14.2. The molecule has 1 amide bonds. The molecular formula is C21H24FNO3. The van der Waals surface area contributed by atoms with Gasteiger partial charge in [0.05, 0.1) is 18.2 Å². The molecule has 0 saturated carbocycles. The number of hydrogen-bond acceptors (Lipinski definition) is 3. The van der Waals surface area contributed by atoms with Crippen molar-refractivity contribution in [1.29, 1.82) is 0 Å². The van der Waals surface area contributed by atoms with E-state index in [4.69, 9.17) is 4.74 Å². The van der Waals surface area contributed by atoms with Gasteiger partial charge in [-0.05, 0) is 55.7 Å². The number of benzene rings is 2. The van der Waals surface area contributed by atoms with Crippen LogP contribution in [-0.2, 0) is 11.3 Å². The average Bonchev–Trinajstić information content (AvgIpc) is 2.58. The highest BCUT2D eigenvalue weighted by Crippen LogP contribution is 2.35. The van der Waals surface area contributed by atoms with Crippen molar-refractivity contribution >= 4 is 5.91 Å². The van der Waals surface area contributed by atoms with Crippen molar-refractivity contribution in [3.05, 3.63) is 65.5 Å². The topological polar surface area (TPSA) is 49.8 Å². The lowest BCUT2D eigenvalue weighted by molar-refractivity contribution is -0.143. The molecule has 0 spiro atoms. The lowest BCUT2D eigenvalue weighted by Gasteiger charge is -2.39. The Morgan fingerprint density at radius 1 is 1.23 bits per heavy atom. The molecule has 4 nitrogen and oxygen atoms in total. The Kier molecular flexibility index (Phi) is 5.57. The minimum absolute atomic E-state index is 0.0339. The van der Waals surface area contributed by atoms with Crippen LogP contribution in [0.4, 0.5) is 4.39 Å². The number of piperidine rings is 1. The molecule has 2 aromatic rings. The molecular weight excluding hydrogens is 333 g/mol. The lowest BCUT2D eigenvalue weighted by Crippen LogP contribution is -2.44. The summed E-state index contributed by atoms with van der Waals surface area (Å²) >= 11 is 0. The fraction of sp³-hybridized carbons (Fsp3) is 0.381. The monoisotopic (exact) mass is 357 g/mol. The fourth-order valence-corrected chi connectivity index (χ4v) is 3.40. The van der Waals surface area contributed by atoms with Crippen LogP contribution in [0.3, 0.4) is 0 Å². The van der Waals surface area contributed by atoms with Gasteiger partial charge in [-0.15, -0.1) is 0 Å². The third kappa shape index (κ3) is 4.22. The predicted octanol–water partition coefficient (Wildman–Crippen LogP) is 3.84. The molecule has 1 aliphatic rings. The molecule has 0 radical (unpaired) electrons. The number of nitrogens with zero attached hydrogens (tertiary/aromatic N) is 1. The van der Waals surface area contributed by atoms with E-state index in [2.05, 4.69) is 0 Å². The summed E-state index contributed by atoms with van der Waals surface area (Å²) in [5.41, 5.74) is 1.52. The van der Waals surface area contributed by atoms with Crippen LogP contribution < -0.4 is 4.74 Å². The smallest absolute Gasteiger partial charge is 0.223 e. The Morgan fingerprint density at radius 3 is 2.73 bits per heavy atom. The summed E-state index contributed by atoms with van der Waals surface area (Å²) in [5.74, 6) is 0.324. The SMILES string of the molecule is CC(C)Oc1cccc([C@@H]2[C@@H](O)CCC(=O)N2Cc2cccc(F)c2)c1. The van der Waals surface area contributed by atoms with E-state index in [1.807, 2.05) is 38.1 Å². The first kappa shape index (κ1) is 18.4. The summed E-state index contributed by atoms with van der Waals surface area (Å²) in [5, 5.41) is 10.6. The molecule has 2 aromatic carbocycles. The Bertz CT molecular complexity index is 777. The number of ether oxygens (including phenoxy) is 1. The van der Waals surface area contributed by atoms with E-state index >= 15 is 0 Å². The highest BCUT2D eigenvalue weighted by atomic mass is 19.1. The second-order valence-corrected chi connectivity index (χ2v) is 6.94. The molecule has 1 saturated heterocycles. The number of rotatable bonds is 5. The standard InChI is InChI=1S/C21H24FNO3/c1-14(2)26-18-8-4-6-16(12-18)21-19(24)9-10-20(25)23(21)13-15-5-3-7-17(22)11-15/h3-8,11-12,14,19,21,24H,9-10,13H2,1-2H3/t19-,21+/m0/s1. The maximum Gasteiger partial charge on any atom is 0.223 e. The van der Waals surface area contributed by atoms with Gasteiger partial charge in [-0.3, -0.25) is 4.79 Å². The zero-order chi connectivity index (χ0) is 18.7. The van der Waals surface area contributed by atoms with Gasteiger partial charge in [0.15, 0.2) is 0 Å². The summed E-state index contributed by atoms with van der Waals surface area (Å²) in [6, 6.07) is 13.2. The van der Waals surface area contributed by atoms with Crippen LogP contribution in [-0.4, -0.2) is 28.1 Å². The zero-order valence-corrected chi connectivity index (χ0v) is 15.1. The molecule has 2 atom stereocenters. The first-order valence-electron chi connectivity index (χ1n) is 8.92. The molecule has 0 aliphatic carbocycles. The number of likely N-dealkylation sites (tertiary alicyclic amines) is 1. The van der Waals surface area contributed by atoms with Gasteiger partial charge in [0.1, 0.15) is 11.6 Å². The largest absolute Gasteiger partial charge is 0.491 e. The summed E-state index contributed by atoms with van der Waals surface area (Å²) in [7, 11) is 0. The van der Waals surface area contributed by atoms with Crippen LogP contribution in [0.1, 0.15) is 43.9 Å². The molecule has 0 unspecified atom stereocenters.